The number of rotatable bonds is 4. The number of nitrogens with one attached hydrogen (secondary N) is 1. The summed E-state index contributed by atoms with van der Waals surface area (Å²) in [5.74, 6) is 0.865. The molecule has 0 aromatic carbocycles. The van der Waals surface area contributed by atoms with Gasteiger partial charge in [-0.1, -0.05) is 13.8 Å². The van der Waals surface area contributed by atoms with Crippen molar-refractivity contribution in [2.45, 2.75) is 39.3 Å². The van der Waals surface area contributed by atoms with Crippen LogP contribution in [0.2, 0.25) is 0 Å². The minimum absolute atomic E-state index is 0.0296. The summed E-state index contributed by atoms with van der Waals surface area (Å²) in [7, 11) is 0. The molecule has 0 saturated carbocycles. The minimum atomic E-state index is -0.0296. The first-order chi connectivity index (χ1) is 8.72. The average Bonchev–Trinajstić information content (AvgIpc) is 2.37. The summed E-state index contributed by atoms with van der Waals surface area (Å²) in [6.45, 7) is 6.41. The molecule has 2 rings (SSSR count). The molecule has 1 aromatic rings. The number of aromatic nitrogens is 2. The predicted molar refractivity (Wildman–Crippen MR) is 70.8 cm³/mol. The fraction of sp³-hybridized carbons (Fsp3) is 0.692. The van der Waals surface area contributed by atoms with Gasteiger partial charge in [0.05, 0.1) is 6.61 Å². The Morgan fingerprint density at radius 1 is 1.61 bits per heavy atom. The summed E-state index contributed by atoms with van der Waals surface area (Å²) in [6, 6.07) is 0.274. The zero-order valence-corrected chi connectivity index (χ0v) is 11.1. The van der Waals surface area contributed by atoms with E-state index in [0.717, 1.165) is 32.6 Å². The fourth-order valence-electron chi connectivity index (χ4n) is 2.23. The van der Waals surface area contributed by atoms with Crippen LogP contribution in [0.1, 0.15) is 26.7 Å². The molecule has 0 bridgehead atoms. The molecule has 1 aromatic heterocycles. The molecule has 1 aliphatic heterocycles. The molecule has 2 heterocycles. The molecule has 0 amide bonds. The Labute approximate surface area is 107 Å². The molecular formula is C13H21N3O2. The van der Waals surface area contributed by atoms with E-state index in [1.807, 2.05) is 0 Å². The molecule has 5 heteroatoms. The Hall–Kier alpha value is -1.36. The van der Waals surface area contributed by atoms with E-state index in [1.165, 1.54) is 0 Å². The Morgan fingerprint density at radius 2 is 2.44 bits per heavy atom. The summed E-state index contributed by atoms with van der Waals surface area (Å²) in [6.07, 6.45) is 5.29. The molecule has 0 aliphatic carbocycles. The molecule has 18 heavy (non-hydrogen) atoms. The molecule has 2 unspecified atom stereocenters. The number of hydrogen-bond acceptors (Lipinski definition) is 4. The Kier molecular flexibility index (Phi) is 4.36. The molecule has 1 aliphatic rings. The van der Waals surface area contributed by atoms with E-state index in [4.69, 9.17) is 4.74 Å². The van der Waals surface area contributed by atoms with Crippen LogP contribution in [0.15, 0.2) is 17.2 Å². The maximum absolute atomic E-state index is 12.1. The Bertz CT molecular complexity index is 444. The van der Waals surface area contributed by atoms with E-state index in [9.17, 15) is 4.79 Å². The van der Waals surface area contributed by atoms with Gasteiger partial charge in [-0.3, -0.25) is 4.79 Å². The highest BCUT2D eigenvalue weighted by atomic mass is 16.5. The van der Waals surface area contributed by atoms with Gasteiger partial charge in [0.15, 0.2) is 5.82 Å². The van der Waals surface area contributed by atoms with E-state index in [1.54, 1.807) is 17.0 Å². The van der Waals surface area contributed by atoms with E-state index in [2.05, 4.69) is 24.1 Å². The Morgan fingerprint density at radius 3 is 3.17 bits per heavy atom. The zero-order chi connectivity index (χ0) is 13.0. The smallest absolute Gasteiger partial charge is 0.293 e. The average molecular weight is 251 g/mol. The normalized spacial score (nSPS) is 23.9. The number of ether oxygens (including phenoxy) is 1. The van der Waals surface area contributed by atoms with Crippen LogP contribution >= 0.6 is 0 Å². The van der Waals surface area contributed by atoms with Crippen molar-refractivity contribution in [3.63, 3.8) is 0 Å². The van der Waals surface area contributed by atoms with Gasteiger partial charge in [-0.05, 0) is 18.8 Å². The molecular weight excluding hydrogens is 230 g/mol. The predicted octanol–water partition coefficient (Wildman–Crippen LogP) is 1.49. The highest BCUT2D eigenvalue weighted by molar-refractivity contribution is 5.32. The summed E-state index contributed by atoms with van der Waals surface area (Å²) in [5.41, 5.74) is -0.0296. The van der Waals surface area contributed by atoms with Crippen molar-refractivity contribution >= 4 is 5.82 Å². The Balaban J connectivity index is 2.13. The summed E-state index contributed by atoms with van der Waals surface area (Å²) < 4.78 is 7.11. The number of anilines is 1. The third-order valence-electron chi connectivity index (χ3n) is 3.34. The lowest BCUT2D eigenvalue weighted by Gasteiger charge is -2.29. The van der Waals surface area contributed by atoms with E-state index < -0.39 is 0 Å². The minimum Gasteiger partial charge on any atom is -0.381 e. The van der Waals surface area contributed by atoms with Gasteiger partial charge in [-0.2, -0.15) is 0 Å². The van der Waals surface area contributed by atoms with Crippen molar-refractivity contribution in [3.05, 3.63) is 22.7 Å². The second-order valence-corrected chi connectivity index (χ2v) is 4.87. The van der Waals surface area contributed by atoms with Crippen LogP contribution in [-0.2, 0) is 11.3 Å². The second-order valence-electron chi connectivity index (χ2n) is 4.87. The van der Waals surface area contributed by atoms with Crippen LogP contribution in [0.25, 0.3) is 0 Å². The first-order valence-electron chi connectivity index (χ1n) is 6.62. The van der Waals surface area contributed by atoms with Crippen molar-refractivity contribution in [1.29, 1.82) is 0 Å². The number of hydrogen-bond donors (Lipinski definition) is 1. The lowest BCUT2D eigenvalue weighted by molar-refractivity contribution is 0.0536. The van der Waals surface area contributed by atoms with Crippen molar-refractivity contribution in [2.24, 2.45) is 5.92 Å². The van der Waals surface area contributed by atoms with Crippen molar-refractivity contribution < 1.29 is 4.74 Å². The molecule has 2 atom stereocenters. The van der Waals surface area contributed by atoms with Crippen LogP contribution in [0.4, 0.5) is 5.82 Å². The molecule has 100 valence electrons. The lowest BCUT2D eigenvalue weighted by atomic mass is 9.98. The maximum Gasteiger partial charge on any atom is 0.293 e. The van der Waals surface area contributed by atoms with Crippen LogP contribution < -0.4 is 10.9 Å². The SMILES string of the molecule is CCCn1ccnc(NC2CCOCC2C)c1=O. The van der Waals surface area contributed by atoms with E-state index in [-0.39, 0.29) is 11.6 Å². The summed E-state index contributed by atoms with van der Waals surface area (Å²) >= 11 is 0. The topological polar surface area (TPSA) is 56.1 Å². The largest absolute Gasteiger partial charge is 0.381 e. The van der Waals surface area contributed by atoms with Crippen molar-refractivity contribution in [1.82, 2.24) is 9.55 Å². The highest BCUT2D eigenvalue weighted by Gasteiger charge is 2.22. The van der Waals surface area contributed by atoms with Gasteiger partial charge in [-0.25, -0.2) is 4.98 Å². The molecule has 1 saturated heterocycles. The van der Waals surface area contributed by atoms with Gasteiger partial charge < -0.3 is 14.6 Å². The summed E-state index contributed by atoms with van der Waals surface area (Å²) in [4.78, 5) is 16.3. The second kappa shape index (κ2) is 6.00. The van der Waals surface area contributed by atoms with Gasteiger partial charge in [-0.15, -0.1) is 0 Å². The quantitative estimate of drug-likeness (QED) is 0.881. The molecule has 0 radical (unpaired) electrons. The first kappa shape index (κ1) is 13.1. The standard InChI is InChI=1S/C13H21N3O2/c1-3-6-16-7-5-14-12(13(16)17)15-11-4-8-18-9-10(11)2/h5,7,10-11H,3-4,6,8-9H2,1-2H3,(H,14,15). The maximum atomic E-state index is 12.1. The van der Waals surface area contributed by atoms with Crippen molar-refractivity contribution in [3.8, 4) is 0 Å². The van der Waals surface area contributed by atoms with Crippen LogP contribution in [0.5, 0.6) is 0 Å². The monoisotopic (exact) mass is 251 g/mol. The van der Waals surface area contributed by atoms with E-state index >= 15 is 0 Å². The summed E-state index contributed by atoms with van der Waals surface area (Å²) in [5, 5.41) is 3.27. The van der Waals surface area contributed by atoms with Crippen LogP contribution in [-0.4, -0.2) is 28.8 Å². The first-order valence-corrected chi connectivity index (χ1v) is 6.62. The van der Waals surface area contributed by atoms with Crippen LogP contribution in [0, 0.1) is 5.92 Å². The van der Waals surface area contributed by atoms with Crippen molar-refractivity contribution in [2.75, 3.05) is 18.5 Å². The van der Waals surface area contributed by atoms with Gasteiger partial charge >= 0.3 is 0 Å². The van der Waals surface area contributed by atoms with Gasteiger partial charge in [0, 0.05) is 31.6 Å². The van der Waals surface area contributed by atoms with Gasteiger partial charge in [0.1, 0.15) is 0 Å². The lowest BCUT2D eigenvalue weighted by Crippen LogP contribution is -2.38. The van der Waals surface area contributed by atoms with Gasteiger partial charge in [0.2, 0.25) is 0 Å². The zero-order valence-electron chi connectivity index (χ0n) is 11.1. The fourth-order valence-corrected chi connectivity index (χ4v) is 2.23. The highest BCUT2D eigenvalue weighted by Crippen LogP contribution is 2.16. The molecule has 1 N–H and O–H groups in total. The third kappa shape index (κ3) is 2.90. The molecule has 0 spiro atoms. The van der Waals surface area contributed by atoms with E-state index in [0.29, 0.717) is 11.7 Å². The number of aryl methyl sites for hydroxylation is 1. The van der Waals surface area contributed by atoms with Crippen LogP contribution in [0.3, 0.4) is 0 Å². The molecule has 5 nitrogen and oxygen atoms in total. The number of nitrogens with zero attached hydrogens (tertiary/aromatic N) is 2. The van der Waals surface area contributed by atoms with Gasteiger partial charge in [0.25, 0.3) is 5.56 Å². The molecule has 1 fully saturated rings. The third-order valence-corrected chi connectivity index (χ3v) is 3.34.